The van der Waals surface area contributed by atoms with E-state index in [2.05, 4.69) is 23.0 Å². The topological polar surface area (TPSA) is 32.8 Å². The van der Waals surface area contributed by atoms with Gasteiger partial charge in [0.25, 0.3) is 0 Å². The Kier molecular flexibility index (Phi) is 7.22. The highest BCUT2D eigenvalue weighted by molar-refractivity contribution is 6.30. The molecule has 2 aromatic carbocycles. The Balaban J connectivity index is 1.83. The molecular formula is C22H22Cl2N2O2. The summed E-state index contributed by atoms with van der Waals surface area (Å²) in [5.74, 6) is 3.23. The number of hydrogen-bond acceptors (Lipinski definition) is 3. The molecule has 0 saturated carbocycles. The van der Waals surface area contributed by atoms with Crippen molar-refractivity contribution in [3.05, 3.63) is 64.7 Å². The number of benzene rings is 2. The molecule has 0 bridgehead atoms. The third-order valence-electron chi connectivity index (χ3n) is 4.85. The fourth-order valence-electron chi connectivity index (χ4n) is 3.44. The van der Waals surface area contributed by atoms with Gasteiger partial charge in [-0.1, -0.05) is 41.8 Å². The molecule has 1 fully saturated rings. The highest BCUT2D eigenvalue weighted by Crippen LogP contribution is 2.31. The first-order valence-electron chi connectivity index (χ1n) is 9.12. The number of nitrogens with zero attached hydrogens (tertiary/aromatic N) is 2. The average molecular weight is 417 g/mol. The van der Waals surface area contributed by atoms with Gasteiger partial charge in [-0.25, -0.2) is 0 Å². The van der Waals surface area contributed by atoms with Crippen LogP contribution in [0.3, 0.4) is 0 Å². The molecule has 6 heteroatoms. The van der Waals surface area contributed by atoms with Crippen LogP contribution in [-0.2, 0) is 4.79 Å². The molecule has 1 heterocycles. The minimum Gasteiger partial charge on any atom is -0.481 e. The van der Waals surface area contributed by atoms with Gasteiger partial charge < -0.3 is 9.64 Å². The molecule has 0 aromatic heterocycles. The van der Waals surface area contributed by atoms with E-state index in [1.54, 1.807) is 0 Å². The lowest BCUT2D eigenvalue weighted by atomic mass is 9.96. The number of rotatable bonds is 6. The van der Waals surface area contributed by atoms with E-state index in [-0.39, 0.29) is 24.4 Å². The number of halogens is 2. The summed E-state index contributed by atoms with van der Waals surface area (Å²) >= 11 is 11.8. The van der Waals surface area contributed by atoms with Gasteiger partial charge in [-0.3, -0.25) is 9.69 Å². The third-order valence-corrected chi connectivity index (χ3v) is 5.33. The lowest BCUT2D eigenvalue weighted by Crippen LogP contribution is -2.50. The van der Waals surface area contributed by atoms with Crippen molar-refractivity contribution in [1.29, 1.82) is 0 Å². The summed E-state index contributed by atoms with van der Waals surface area (Å²) in [4.78, 5) is 16.1. The highest BCUT2D eigenvalue weighted by Gasteiger charge is 2.28. The van der Waals surface area contributed by atoms with Gasteiger partial charge in [0.05, 0.1) is 6.04 Å². The fraction of sp³-hybridized carbons (Fsp3) is 0.318. The van der Waals surface area contributed by atoms with Gasteiger partial charge in [0.1, 0.15) is 18.2 Å². The van der Waals surface area contributed by atoms with Crippen molar-refractivity contribution in [2.45, 2.75) is 6.04 Å². The Bertz CT molecular complexity index is 823. The maximum Gasteiger partial charge on any atom is 0.237 e. The largest absolute Gasteiger partial charge is 0.481 e. The van der Waals surface area contributed by atoms with Gasteiger partial charge in [-0.05, 0) is 35.4 Å². The van der Waals surface area contributed by atoms with Crippen molar-refractivity contribution in [2.24, 2.45) is 0 Å². The lowest BCUT2D eigenvalue weighted by molar-refractivity contribution is -0.130. The zero-order valence-corrected chi connectivity index (χ0v) is 17.0. The smallest absolute Gasteiger partial charge is 0.237 e. The van der Waals surface area contributed by atoms with E-state index in [0.29, 0.717) is 18.1 Å². The maximum atomic E-state index is 11.9. The first-order chi connectivity index (χ1) is 13.6. The van der Waals surface area contributed by atoms with Crippen LogP contribution in [0.2, 0.25) is 5.02 Å². The Labute approximate surface area is 176 Å². The predicted octanol–water partition coefficient (Wildman–Crippen LogP) is 3.82. The van der Waals surface area contributed by atoms with Crippen molar-refractivity contribution in [3.8, 4) is 18.1 Å². The quantitative estimate of drug-likeness (QED) is 0.529. The third kappa shape index (κ3) is 4.99. The van der Waals surface area contributed by atoms with E-state index >= 15 is 0 Å². The number of carbonyl (C=O) groups excluding carboxylic acids is 1. The molecule has 2 aromatic rings. The number of ether oxygens (including phenoxy) is 1. The number of carbonyl (C=O) groups is 1. The van der Waals surface area contributed by atoms with Gasteiger partial charge in [0.15, 0.2) is 0 Å². The van der Waals surface area contributed by atoms with Crippen molar-refractivity contribution < 1.29 is 9.53 Å². The van der Waals surface area contributed by atoms with E-state index in [4.69, 9.17) is 34.4 Å². The van der Waals surface area contributed by atoms with E-state index in [1.165, 1.54) is 0 Å². The average Bonchev–Trinajstić information content (AvgIpc) is 2.74. The summed E-state index contributed by atoms with van der Waals surface area (Å²) in [6.07, 6.45) is 5.25. The molecule has 3 rings (SSSR count). The van der Waals surface area contributed by atoms with Crippen LogP contribution in [0.15, 0.2) is 48.5 Å². The lowest BCUT2D eigenvalue weighted by Gasteiger charge is -2.39. The molecular weight excluding hydrogens is 395 g/mol. The van der Waals surface area contributed by atoms with Crippen LogP contribution in [0.25, 0.3) is 0 Å². The molecule has 146 valence electrons. The second kappa shape index (κ2) is 9.84. The summed E-state index contributed by atoms with van der Waals surface area (Å²) in [5, 5.41) is 0.707. The molecule has 0 N–H and O–H groups in total. The number of piperazine rings is 1. The predicted molar refractivity (Wildman–Crippen MR) is 113 cm³/mol. The molecule has 28 heavy (non-hydrogen) atoms. The van der Waals surface area contributed by atoms with Crippen molar-refractivity contribution >= 4 is 29.1 Å². The van der Waals surface area contributed by atoms with Crippen LogP contribution in [0.1, 0.15) is 17.2 Å². The standard InChI is InChI=1S/C22H22Cl2N2O2/c1-2-15-28-20-9-5-18(6-10-20)22(17-3-7-19(24)8-4-17)26-13-11-25(12-14-26)21(27)16-23/h1,3-10,22H,11-16H2. The van der Waals surface area contributed by atoms with Crippen LogP contribution in [0.5, 0.6) is 5.75 Å². The second-order valence-corrected chi connectivity index (χ2v) is 7.27. The summed E-state index contributed by atoms with van der Waals surface area (Å²) in [6, 6.07) is 15.9. The fourth-order valence-corrected chi connectivity index (χ4v) is 3.74. The molecule has 1 aliphatic rings. The van der Waals surface area contributed by atoms with Crippen LogP contribution in [-0.4, -0.2) is 54.4 Å². The van der Waals surface area contributed by atoms with Crippen LogP contribution < -0.4 is 4.74 Å². The van der Waals surface area contributed by atoms with E-state index in [1.807, 2.05) is 41.3 Å². The number of alkyl halides is 1. The van der Waals surface area contributed by atoms with E-state index in [0.717, 1.165) is 30.0 Å². The highest BCUT2D eigenvalue weighted by atomic mass is 35.5. The van der Waals surface area contributed by atoms with Crippen molar-refractivity contribution in [3.63, 3.8) is 0 Å². The molecule has 0 aliphatic carbocycles. The number of terminal acetylenes is 1. The molecule has 1 atom stereocenters. The summed E-state index contributed by atoms with van der Waals surface area (Å²) < 4.78 is 5.49. The number of hydrogen-bond donors (Lipinski definition) is 0. The van der Waals surface area contributed by atoms with Gasteiger partial charge in [-0.2, -0.15) is 0 Å². The van der Waals surface area contributed by atoms with Crippen molar-refractivity contribution in [1.82, 2.24) is 9.80 Å². The van der Waals surface area contributed by atoms with Gasteiger partial charge in [-0.15, -0.1) is 18.0 Å². The van der Waals surface area contributed by atoms with Crippen LogP contribution >= 0.6 is 23.2 Å². The molecule has 1 saturated heterocycles. The minimum absolute atomic E-state index is 0.0145. The SMILES string of the molecule is C#CCOc1ccc(C(c2ccc(Cl)cc2)N2CCN(C(=O)CCl)CC2)cc1. The molecule has 1 unspecified atom stereocenters. The Morgan fingerprint density at radius 1 is 1.04 bits per heavy atom. The van der Waals surface area contributed by atoms with E-state index < -0.39 is 0 Å². The second-order valence-electron chi connectivity index (χ2n) is 6.57. The zero-order chi connectivity index (χ0) is 19.9. The maximum absolute atomic E-state index is 11.9. The van der Waals surface area contributed by atoms with Crippen molar-refractivity contribution in [2.75, 3.05) is 38.7 Å². The summed E-state index contributed by atoms with van der Waals surface area (Å²) in [7, 11) is 0. The van der Waals surface area contributed by atoms with E-state index in [9.17, 15) is 4.79 Å². The Hall–Kier alpha value is -2.19. The Morgan fingerprint density at radius 2 is 1.61 bits per heavy atom. The summed E-state index contributed by atoms with van der Waals surface area (Å²) in [5.41, 5.74) is 2.30. The van der Waals surface area contributed by atoms with Crippen LogP contribution in [0, 0.1) is 12.3 Å². The zero-order valence-electron chi connectivity index (χ0n) is 15.5. The summed E-state index contributed by atoms with van der Waals surface area (Å²) in [6.45, 7) is 3.12. The monoisotopic (exact) mass is 416 g/mol. The van der Waals surface area contributed by atoms with Crippen LogP contribution in [0.4, 0.5) is 0 Å². The minimum atomic E-state index is -0.0145. The molecule has 0 radical (unpaired) electrons. The molecule has 0 spiro atoms. The van der Waals surface area contributed by atoms with Gasteiger partial charge in [0.2, 0.25) is 5.91 Å². The van der Waals surface area contributed by atoms with Gasteiger partial charge in [0, 0.05) is 31.2 Å². The molecule has 1 aliphatic heterocycles. The first-order valence-corrected chi connectivity index (χ1v) is 10.0. The molecule has 1 amide bonds. The molecule has 4 nitrogen and oxygen atoms in total. The number of amides is 1. The Morgan fingerprint density at radius 3 is 2.14 bits per heavy atom. The van der Waals surface area contributed by atoms with Gasteiger partial charge >= 0.3 is 0 Å². The first kappa shape index (κ1) is 20.5. The normalized spacial score (nSPS) is 15.7.